The molecule has 0 saturated carbocycles. The number of nitrogens with zero attached hydrogens (tertiary/aromatic N) is 1. The van der Waals surface area contributed by atoms with Crippen molar-refractivity contribution in [2.45, 2.75) is 13.3 Å². The van der Waals surface area contributed by atoms with Gasteiger partial charge in [0.25, 0.3) is 5.91 Å². The largest absolute Gasteiger partial charge is 0.359 e. The van der Waals surface area contributed by atoms with Crippen LogP contribution in [-0.4, -0.2) is 36.9 Å². The van der Waals surface area contributed by atoms with Gasteiger partial charge in [0.05, 0.1) is 11.0 Å². The van der Waals surface area contributed by atoms with Crippen LogP contribution < -0.4 is 5.32 Å². The van der Waals surface area contributed by atoms with E-state index in [9.17, 15) is 9.59 Å². The van der Waals surface area contributed by atoms with Crippen LogP contribution in [-0.2, 0) is 4.79 Å². The van der Waals surface area contributed by atoms with E-state index in [1.165, 1.54) is 0 Å². The average Bonchev–Trinajstić information content (AvgIpc) is 2.81. The first-order valence-corrected chi connectivity index (χ1v) is 7.92. The van der Waals surface area contributed by atoms with Gasteiger partial charge >= 0.3 is 0 Å². The molecule has 0 aromatic heterocycles. The lowest BCUT2D eigenvalue weighted by Gasteiger charge is -2.23. The van der Waals surface area contributed by atoms with Gasteiger partial charge in [0.1, 0.15) is 0 Å². The van der Waals surface area contributed by atoms with Gasteiger partial charge in [-0.15, -0.1) is 0 Å². The topological polar surface area (TPSA) is 49.4 Å². The zero-order valence-corrected chi connectivity index (χ0v) is 14.5. The maximum Gasteiger partial charge on any atom is 0.255 e. The number of amides is 2. The highest BCUT2D eigenvalue weighted by molar-refractivity contribution is 9.11. The molecule has 1 saturated heterocycles. The average molecular weight is 404 g/mol. The fourth-order valence-electron chi connectivity index (χ4n) is 2.45. The van der Waals surface area contributed by atoms with Gasteiger partial charge < -0.3 is 10.2 Å². The normalized spacial score (nSPS) is 21.9. The van der Waals surface area contributed by atoms with E-state index in [1.807, 2.05) is 19.1 Å². The number of rotatable bonds is 2. The summed E-state index contributed by atoms with van der Waals surface area (Å²) in [7, 11) is 1.63. The second-order valence-corrected chi connectivity index (χ2v) is 7.01. The van der Waals surface area contributed by atoms with Crippen LogP contribution in [0.2, 0.25) is 0 Å². The summed E-state index contributed by atoms with van der Waals surface area (Å²) in [6.07, 6.45) is 0.687. The monoisotopic (exact) mass is 402 g/mol. The second-order valence-electron chi connectivity index (χ2n) is 5.24. The summed E-state index contributed by atoms with van der Waals surface area (Å²) < 4.78 is 1.67. The van der Waals surface area contributed by atoms with Crippen molar-refractivity contribution in [1.82, 2.24) is 10.2 Å². The van der Waals surface area contributed by atoms with E-state index in [0.29, 0.717) is 25.1 Å². The first-order valence-electron chi connectivity index (χ1n) is 6.34. The van der Waals surface area contributed by atoms with Crippen molar-refractivity contribution in [2.75, 3.05) is 20.1 Å². The van der Waals surface area contributed by atoms with Gasteiger partial charge in [-0.25, -0.2) is 0 Å². The lowest BCUT2D eigenvalue weighted by molar-refractivity contribution is -0.128. The van der Waals surface area contributed by atoms with Gasteiger partial charge in [-0.3, -0.25) is 9.59 Å². The Hall–Kier alpha value is -0.880. The standard InChI is InChI=1S/C14H16Br2N2O2/c1-14(13(20)17-2)5-6-18(8-14)12(19)10-4-3-9(15)7-11(10)16/h3-4,7H,5-6,8H2,1-2H3,(H,17,20). The molecule has 1 unspecified atom stereocenters. The van der Waals surface area contributed by atoms with E-state index < -0.39 is 5.41 Å². The predicted octanol–water partition coefficient (Wildman–Crippen LogP) is 2.81. The molecule has 2 amide bonds. The molecule has 0 radical (unpaired) electrons. The number of carbonyl (C=O) groups is 2. The molecule has 20 heavy (non-hydrogen) atoms. The van der Waals surface area contributed by atoms with Crippen LogP contribution in [0.15, 0.2) is 27.1 Å². The summed E-state index contributed by atoms with van der Waals surface area (Å²) in [4.78, 5) is 26.2. The molecule has 1 atom stereocenters. The number of hydrogen-bond acceptors (Lipinski definition) is 2. The maximum atomic E-state index is 12.5. The smallest absolute Gasteiger partial charge is 0.255 e. The summed E-state index contributed by atoms with van der Waals surface area (Å²) in [6, 6.07) is 5.47. The molecule has 1 heterocycles. The van der Waals surface area contributed by atoms with Gasteiger partial charge in [0.15, 0.2) is 0 Å². The Morgan fingerprint density at radius 3 is 2.65 bits per heavy atom. The summed E-state index contributed by atoms with van der Waals surface area (Å²) >= 11 is 6.78. The van der Waals surface area contributed by atoms with Gasteiger partial charge in [0, 0.05) is 29.1 Å². The second kappa shape index (κ2) is 5.85. The Morgan fingerprint density at radius 1 is 1.35 bits per heavy atom. The van der Waals surface area contributed by atoms with Crippen LogP contribution in [0.3, 0.4) is 0 Å². The quantitative estimate of drug-likeness (QED) is 0.825. The van der Waals surface area contributed by atoms with E-state index in [2.05, 4.69) is 37.2 Å². The minimum absolute atomic E-state index is 0.0114. The van der Waals surface area contributed by atoms with Crippen molar-refractivity contribution in [1.29, 1.82) is 0 Å². The third kappa shape index (κ3) is 2.91. The van der Waals surface area contributed by atoms with E-state index >= 15 is 0 Å². The number of benzene rings is 1. The van der Waals surface area contributed by atoms with Gasteiger partial charge in [-0.1, -0.05) is 15.9 Å². The summed E-state index contributed by atoms with van der Waals surface area (Å²) in [5.74, 6) is -0.0559. The molecule has 108 valence electrons. The van der Waals surface area contributed by atoms with Crippen LogP contribution in [0.25, 0.3) is 0 Å². The van der Waals surface area contributed by atoms with Crippen molar-refractivity contribution < 1.29 is 9.59 Å². The predicted molar refractivity (Wildman–Crippen MR) is 84.5 cm³/mol. The highest BCUT2D eigenvalue weighted by Gasteiger charge is 2.41. The molecule has 1 aliphatic rings. The fourth-order valence-corrected chi connectivity index (χ4v) is 3.67. The molecule has 1 N–H and O–H groups in total. The Bertz CT molecular complexity index is 562. The lowest BCUT2D eigenvalue weighted by Crippen LogP contribution is -2.40. The molecular weight excluding hydrogens is 388 g/mol. The SMILES string of the molecule is CNC(=O)C1(C)CCN(C(=O)c2ccc(Br)cc2Br)C1. The molecule has 1 fully saturated rings. The van der Waals surface area contributed by atoms with Crippen LogP contribution in [0, 0.1) is 5.41 Å². The Kier molecular flexibility index (Phi) is 4.54. The molecule has 6 heteroatoms. The molecule has 0 aliphatic carbocycles. The fraction of sp³-hybridized carbons (Fsp3) is 0.429. The van der Waals surface area contributed by atoms with Crippen LogP contribution >= 0.6 is 31.9 Å². The minimum atomic E-state index is -0.494. The van der Waals surface area contributed by atoms with E-state index in [-0.39, 0.29) is 11.8 Å². The molecule has 0 bridgehead atoms. The van der Waals surface area contributed by atoms with Crippen LogP contribution in [0.5, 0.6) is 0 Å². The zero-order chi connectivity index (χ0) is 14.9. The number of hydrogen-bond donors (Lipinski definition) is 1. The lowest BCUT2D eigenvalue weighted by atomic mass is 9.89. The van der Waals surface area contributed by atoms with Crippen molar-refractivity contribution >= 4 is 43.7 Å². The summed E-state index contributed by atoms with van der Waals surface area (Å²) in [5.41, 5.74) is 0.126. The Labute approximate surface area is 135 Å². The van der Waals surface area contributed by atoms with E-state index in [0.717, 1.165) is 8.95 Å². The highest BCUT2D eigenvalue weighted by Crippen LogP contribution is 2.32. The Morgan fingerprint density at radius 2 is 2.05 bits per heavy atom. The Balaban J connectivity index is 2.18. The molecule has 4 nitrogen and oxygen atoms in total. The first kappa shape index (κ1) is 15.5. The van der Waals surface area contributed by atoms with Gasteiger partial charge in [-0.2, -0.15) is 0 Å². The number of likely N-dealkylation sites (tertiary alicyclic amines) is 1. The summed E-state index contributed by atoms with van der Waals surface area (Å²) in [5, 5.41) is 2.67. The third-order valence-electron chi connectivity index (χ3n) is 3.70. The van der Waals surface area contributed by atoms with Crippen molar-refractivity contribution in [3.05, 3.63) is 32.7 Å². The van der Waals surface area contributed by atoms with Crippen LogP contribution in [0.4, 0.5) is 0 Å². The van der Waals surface area contributed by atoms with Crippen LogP contribution in [0.1, 0.15) is 23.7 Å². The maximum absolute atomic E-state index is 12.5. The van der Waals surface area contributed by atoms with Gasteiger partial charge in [-0.05, 0) is 47.5 Å². The number of carbonyl (C=O) groups excluding carboxylic acids is 2. The molecular formula is C14H16Br2N2O2. The molecule has 1 aliphatic heterocycles. The van der Waals surface area contributed by atoms with Crippen molar-refractivity contribution in [3.63, 3.8) is 0 Å². The van der Waals surface area contributed by atoms with E-state index in [4.69, 9.17) is 0 Å². The zero-order valence-electron chi connectivity index (χ0n) is 11.4. The van der Waals surface area contributed by atoms with E-state index in [1.54, 1.807) is 18.0 Å². The van der Waals surface area contributed by atoms with Gasteiger partial charge in [0.2, 0.25) is 5.91 Å². The molecule has 2 rings (SSSR count). The number of nitrogens with one attached hydrogen (secondary N) is 1. The third-order valence-corrected chi connectivity index (χ3v) is 4.85. The van der Waals surface area contributed by atoms with Crippen molar-refractivity contribution in [2.24, 2.45) is 5.41 Å². The molecule has 1 aromatic carbocycles. The summed E-state index contributed by atoms with van der Waals surface area (Å²) in [6.45, 7) is 2.95. The highest BCUT2D eigenvalue weighted by atomic mass is 79.9. The molecule has 1 aromatic rings. The molecule has 0 spiro atoms. The first-order chi connectivity index (χ1) is 9.37. The number of halogens is 2. The minimum Gasteiger partial charge on any atom is -0.359 e. The van der Waals surface area contributed by atoms with Crippen molar-refractivity contribution in [3.8, 4) is 0 Å².